The Morgan fingerprint density at radius 1 is 1.13 bits per heavy atom. The maximum absolute atomic E-state index is 11.4. The van der Waals surface area contributed by atoms with Crippen LogP contribution in [0, 0.1) is 11.8 Å². The third-order valence-corrected chi connectivity index (χ3v) is 3.90. The van der Waals surface area contributed by atoms with Gasteiger partial charge in [0.1, 0.15) is 5.78 Å². The first-order chi connectivity index (χ1) is 7.25. The molecule has 0 unspecified atom stereocenters. The summed E-state index contributed by atoms with van der Waals surface area (Å²) < 4.78 is 0. The Morgan fingerprint density at radius 2 is 1.80 bits per heavy atom. The van der Waals surface area contributed by atoms with Crippen molar-refractivity contribution in [3.8, 4) is 0 Å². The summed E-state index contributed by atoms with van der Waals surface area (Å²) in [6.45, 7) is 4.38. The summed E-state index contributed by atoms with van der Waals surface area (Å²) in [5.41, 5.74) is 0. The van der Waals surface area contributed by atoms with Crippen molar-refractivity contribution < 1.29 is 4.79 Å². The normalized spacial score (nSPS) is 26.1. The topological polar surface area (TPSA) is 17.1 Å². The number of ketones is 1. The highest BCUT2D eigenvalue weighted by atomic mass is 16.1. The van der Waals surface area contributed by atoms with Crippen LogP contribution in [-0.4, -0.2) is 5.78 Å². The van der Waals surface area contributed by atoms with Crippen LogP contribution in [0.25, 0.3) is 0 Å². The van der Waals surface area contributed by atoms with E-state index < -0.39 is 0 Å². The van der Waals surface area contributed by atoms with Crippen molar-refractivity contribution in [2.75, 3.05) is 0 Å². The number of Topliss-reactive ketones (excluding diaryl/α,β-unsaturated/α-hetero) is 1. The molecule has 88 valence electrons. The molecule has 0 heterocycles. The van der Waals surface area contributed by atoms with E-state index in [0.717, 1.165) is 12.8 Å². The van der Waals surface area contributed by atoms with Crippen LogP contribution in [0.3, 0.4) is 0 Å². The minimum atomic E-state index is 0.362. The van der Waals surface area contributed by atoms with E-state index in [1.807, 2.05) is 0 Å². The quantitative estimate of drug-likeness (QED) is 0.571. The van der Waals surface area contributed by atoms with Crippen molar-refractivity contribution in [2.45, 2.75) is 71.6 Å². The van der Waals surface area contributed by atoms with Gasteiger partial charge in [-0.05, 0) is 18.8 Å². The van der Waals surface area contributed by atoms with Crippen LogP contribution < -0.4 is 0 Å². The fourth-order valence-corrected chi connectivity index (χ4v) is 2.65. The summed E-state index contributed by atoms with van der Waals surface area (Å²) in [4.78, 5) is 11.4. The van der Waals surface area contributed by atoms with Crippen molar-refractivity contribution in [3.05, 3.63) is 0 Å². The number of unbranched alkanes of at least 4 members (excludes halogenated alkanes) is 5. The number of hydrogen-bond donors (Lipinski definition) is 0. The maximum atomic E-state index is 11.4. The van der Waals surface area contributed by atoms with Crippen LogP contribution in [0.1, 0.15) is 71.6 Å². The van der Waals surface area contributed by atoms with Gasteiger partial charge in [-0.1, -0.05) is 52.4 Å². The zero-order chi connectivity index (χ0) is 11.1. The van der Waals surface area contributed by atoms with Gasteiger partial charge in [0.15, 0.2) is 0 Å². The molecule has 0 bridgehead atoms. The molecule has 0 saturated heterocycles. The Labute approximate surface area is 94.6 Å². The van der Waals surface area contributed by atoms with Gasteiger partial charge in [-0.2, -0.15) is 0 Å². The molecule has 1 aliphatic carbocycles. The van der Waals surface area contributed by atoms with Gasteiger partial charge in [-0.3, -0.25) is 4.79 Å². The van der Waals surface area contributed by atoms with Crippen LogP contribution in [0.4, 0.5) is 0 Å². The third-order valence-electron chi connectivity index (χ3n) is 3.90. The molecule has 0 aromatic heterocycles. The van der Waals surface area contributed by atoms with E-state index in [1.54, 1.807) is 0 Å². The highest BCUT2D eigenvalue weighted by molar-refractivity contribution is 5.82. The molecular weight excluding hydrogens is 184 g/mol. The first kappa shape index (κ1) is 12.7. The second-order valence-electron chi connectivity index (χ2n) is 5.11. The molecule has 0 spiro atoms. The molecule has 2 atom stereocenters. The lowest BCUT2D eigenvalue weighted by Gasteiger charge is -2.13. The predicted octanol–water partition coefficient (Wildman–Crippen LogP) is 4.35. The number of carbonyl (C=O) groups is 1. The zero-order valence-corrected chi connectivity index (χ0v) is 10.4. The lowest BCUT2D eigenvalue weighted by Crippen LogP contribution is -2.10. The van der Waals surface area contributed by atoms with Crippen molar-refractivity contribution in [1.82, 2.24) is 0 Å². The monoisotopic (exact) mass is 210 g/mol. The van der Waals surface area contributed by atoms with Crippen LogP contribution >= 0.6 is 0 Å². The van der Waals surface area contributed by atoms with Gasteiger partial charge in [-0.15, -0.1) is 0 Å². The zero-order valence-electron chi connectivity index (χ0n) is 10.4. The minimum absolute atomic E-state index is 0.362. The standard InChI is InChI=1S/C14H26O/c1-3-4-5-6-7-8-9-13-10-11-14(15)12(13)2/h12-13H,3-11H2,1-2H3/t12-,13+/m1/s1. The third kappa shape index (κ3) is 4.36. The van der Waals surface area contributed by atoms with Crippen molar-refractivity contribution in [1.29, 1.82) is 0 Å². The van der Waals surface area contributed by atoms with Gasteiger partial charge in [0.2, 0.25) is 0 Å². The molecule has 1 heteroatoms. The van der Waals surface area contributed by atoms with Gasteiger partial charge >= 0.3 is 0 Å². The van der Waals surface area contributed by atoms with E-state index in [4.69, 9.17) is 0 Å². The van der Waals surface area contributed by atoms with Gasteiger partial charge < -0.3 is 0 Å². The summed E-state index contributed by atoms with van der Waals surface area (Å²) >= 11 is 0. The molecule has 0 amide bonds. The SMILES string of the molecule is CCCCCCCC[C@H]1CCC(=O)[C@@H]1C. The molecule has 1 rings (SSSR count). The average Bonchev–Trinajstić information content (AvgIpc) is 2.54. The van der Waals surface area contributed by atoms with Crippen LogP contribution in [0.2, 0.25) is 0 Å². The van der Waals surface area contributed by atoms with Gasteiger partial charge in [0, 0.05) is 12.3 Å². The molecule has 0 aliphatic heterocycles. The molecular formula is C14H26O. The molecule has 0 radical (unpaired) electrons. The Balaban J connectivity index is 1.98. The van der Waals surface area contributed by atoms with Gasteiger partial charge in [-0.25, -0.2) is 0 Å². The van der Waals surface area contributed by atoms with E-state index >= 15 is 0 Å². The van der Waals surface area contributed by atoms with Crippen LogP contribution in [0.5, 0.6) is 0 Å². The molecule has 1 saturated carbocycles. The number of hydrogen-bond acceptors (Lipinski definition) is 1. The Kier molecular flexibility index (Phi) is 5.97. The molecule has 0 aromatic rings. The van der Waals surface area contributed by atoms with E-state index in [1.165, 1.54) is 44.9 Å². The average molecular weight is 210 g/mol. The van der Waals surface area contributed by atoms with Crippen LogP contribution in [0.15, 0.2) is 0 Å². The lowest BCUT2D eigenvalue weighted by atomic mass is 9.91. The van der Waals surface area contributed by atoms with Crippen molar-refractivity contribution >= 4 is 5.78 Å². The second-order valence-corrected chi connectivity index (χ2v) is 5.11. The number of rotatable bonds is 7. The summed E-state index contributed by atoms with van der Waals surface area (Å²) in [6.07, 6.45) is 11.5. The minimum Gasteiger partial charge on any atom is -0.299 e. The molecule has 0 aromatic carbocycles. The van der Waals surface area contributed by atoms with E-state index in [0.29, 0.717) is 17.6 Å². The maximum Gasteiger partial charge on any atom is 0.135 e. The molecule has 1 aliphatic rings. The van der Waals surface area contributed by atoms with E-state index in [-0.39, 0.29) is 0 Å². The highest BCUT2D eigenvalue weighted by Crippen LogP contribution is 2.32. The summed E-state index contributed by atoms with van der Waals surface area (Å²) in [5, 5.41) is 0. The van der Waals surface area contributed by atoms with Crippen molar-refractivity contribution in [2.24, 2.45) is 11.8 Å². The Bertz CT molecular complexity index is 186. The number of carbonyl (C=O) groups excluding carboxylic acids is 1. The molecule has 15 heavy (non-hydrogen) atoms. The van der Waals surface area contributed by atoms with Crippen LogP contribution in [-0.2, 0) is 4.79 Å². The molecule has 1 nitrogen and oxygen atoms in total. The smallest absolute Gasteiger partial charge is 0.135 e. The molecule has 1 fully saturated rings. The predicted molar refractivity (Wildman–Crippen MR) is 64.9 cm³/mol. The molecule has 0 N–H and O–H groups in total. The first-order valence-electron chi connectivity index (χ1n) is 6.78. The summed E-state index contributed by atoms with van der Waals surface area (Å²) in [5.74, 6) is 1.58. The first-order valence-corrected chi connectivity index (χ1v) is 6.78. The summed E-state index contributed by atoms with van der Waals surface area (Å²) in [6, 6.07) is 0. The highest BCUT2D eigenvalue weighted by Gasteiger charge is 2.29. The Hall–Kier alpha value is -0.330. The lowest BCUT2D eigenvalue weighted by molar-refractivity contribution is -0.120. The van der Waals surface area contributed by atoms with Gasteiger partial charge in [0.25, 0.3) is 0 Å². The fraction of sp³-hybridized carbons (Fsp3) is 0.929. The Morgan fingerprint density at radius 3 is 2.40 bits per heavy atom. The largest absolute Gasteiger partial charge is 0.299 e. The fourth-order valence-electron chi connectivity index (χ4n) is 2.65. The van der Waals surface area contributed by atoms with Gasteiger partial charge in [0.05, 0.1) is 0 Å². The van der Waals surface area contributed by atoms with E-state index in [2.05, 4.69) is 13.8 Å². The summed E-state index contributed by atoms with van der Waals surface area (Å²) in [7, 11) is 0. The second kappa shape index (κ2) is 7.03. The van der Waals surface area contributed by atoms with Crippen molar-refractivity contribution in [3.63, 3.8) is 0 Å². The van der Waals surface area contributed by atoms with E-state index in [9.17, 15) is 4.79 Å².